The molecule has 0 unspecified atom stereocenters. The van der Waals surface area contributed by atoms with Gasteiger partial charge < -0.3 is 9.84 Å². The highest BCUT2D eigenvalue weighted by Crippen LogP contribution is 2.30. The van der Waals surface area contributed by atoms with E-state index in [4.69, 9.17) is 4.74 Å². The molecule has 37 heavy (non-hydrogen) atoms. The van der Waals surface area contributed by atoms with Crippen LogP contribution in [0.25, 0.3) is 11.4 Å². The van der Waals surface area contributed by atoms with E-state index >= 15 is 0 Å². The average Bonchev–Trinajstić information content (AvgIpc) is 3.24. The lowest BCUT2D eigenvalue weighted by Crippen LogP contribution is -2.43. The number of carboxylic acids is 1. The molecule has 2 atom stereocenters. The Kier molecular flexibility index (Phi) is 8.11. The van der Waals surface area contributed by atoms with Crippen LogP contribution in [-0.2, 0) is 34.3 Å². The third-order valence-electron chi connectivity index (χ3n) is 6.37. The van der Waals surface area contributed by atoms with Gasteiger partial charge in [-0.05, 0) is 50.3 Å². The molecular weight excluding hydrogens is 476 g/mol. The number of hydrogen-bond donors (Lipinski definition) is 3. The van der Waals surface area contributed by atoms with Crippen molar-refractivity contribution in [3.63, 3.8) is 0 Å². The molecule has 2 heterocycles. The zero-order valence-corrected chi connectivity index (χ0v) is 20.8. The summed E-state index contributed by atoms with van der Waals surface area (Å²) in [5.41, 5.74) is 7.85. The second kappa shape index (κ2) is 11.6. The molecule has 0 saturated heterocycles. The van der Waals surface area contributed by atoms with Crippen molar-refractivity contribution in [3.8, 4) is 17.1 Å². The fraction of sp³-hybridized carbons (Fsp3) is 0.385. The van der Waals surface area contributed by atoms with Crippen molar-refractivity contribution in [1.29, 1.82) is 0 Å². The minimum absolute atomic E-state index is 0.0674. The van der Waals surface area contributed by atoms with Crippen LogP contribution in [0.5, 0.6) is 5.75 Å². The molecule has 0 bridgehead atoms. The topological polar surface area (TPSA) is 148 Å². The Labute approximate surface area is 214 Å². The summed E-state index contributed by atoms with van der Waals surface area (Å²) in [6, 6.07) is 12.8. The lowest BCUT2D eigenvalue weighted by atomic mass is 9.87. The van der Waals surface area contributed by atoms with Crippen LogP contribution in [0.15, 0.2) is 42.5 Å². The van der Waals surface area contributed by atoms with E-state index in [0.717, 1.165) is 18.4 Å². The number of aryl methyl sites for hydroxylation is 2. The minimum Gasteiger partial charge on any atom is -0.489 e. The molecule has 11 heteroatoms. The van der Waals surface area contributed by atoms with Gasteiger partial charge in [-0.15, -0.1) is 5.10 Å². The Hall–Kier alpha value is -4.28. The summed E-state index contributed by atoms with van der Waals surface area (Å²) in [4.78, 5) is 40.6. The Balaban J connectivity index is 1.38. The van der Waals surface area contributed by atoms with Gasteiger partial charge in [-0.25, -0.2) is 4.98 Å². The van der Waals surface area contributed by atoms with E-state index in [2.05, 4.69) is 26.1 Å². The summed E-state index contributed by atoms with van der Waals surface area (Å²) in [5, 5.41) is 17.5. The summed E-state index contributed by atoms with van der Waals surface area (Å²) < 4.78 is 7.58. The number of ether oxygens (including phenoxy) is 1. The minimum atomic E-state index is -0.784. The molecular formula is C26H30N6O5. The highest BCUT2D eigenvalue weighted by molar-refractivity contribution is 5.84. The van der Waals surface area contributed by atoms with Crippen LogP contribution in [0, 0.1) is 12.8 Å². The Morgan fingerprint density at radius 1 is 1.05 bits per heavy atom. The number of benzene rings is 1. The molecule has 2 amide bonds. The lowest BCUT2D eigenvalue weighted by Gasteiger charge is -2.27. The molecule has 1 aliphatic rings. The van der Waals surface area contributed by atoms with E-state index in [1.165, 1.54) is 4.68 Å². The van der Waals surface area contributed by atoms with Gasteiger partial charge in [-0.3, -0.25) is 29.9 Å². The molecule has 194 valence electrons. The van der Waals surface area contributed by atoms with Crippen LogP contribution in [0.3, 0.4) is 0 Å². The third-order valence-corrected chi connectivity index (χ3v) is 6.37. The molecule has 0 spiro atoms. The smallest absolute Gasteiger partial charge is 0.306 e. The second-order valence-electron chi connectivity index (χ2n) is 9.17. The molecule has 1 aliphatic carbocycles. The van der Waals surface area contributed by atoms with Crippen molar-refractivity contribution in [2.75, 3.05) is 0 Å². The summed E-state index contributed by atoms with van der Waals surface area (Å²) in [6.07, 6.45) is 2.67. The van der Waals surface area contributed by atoms with Crippen molar-refractivity contribution >= 4 is 17.8 Å². The molecule has 1 fully saturated rings. The van der Waals surface area contributed by atoms with Crippen molar-refractivity contribution in [3.05, 3.63) is 59.4 Å². The van der Waals surface area contributed by atoms with Gasteiger partial charge in [0.2, 0.25) is 11.8 Å². The molecule has 0 aliphatic heterocycles. The fourth-order valence-corrected chi connectivity index (χ4v) is 4.40. The van der Waals surface area contributed by atoms with Gasteiger partial charge in [0.15, 0.2) is 0 Å². The number of carbonyl (C=O) groups is 3. The highest BCUT2D eigenvalue weighted by atomic mass is 16.5. The number of aliphatic carboxylic acids is 1. The van der Waals surface area contributed by atoms with Gasteiger partial charge in [-0.2, -0.15) is 0 Å². The van der Waals surface area contributed by atoms with Gasteiger partial charge in [0.25, 0.3) is 0 Å². The number of nitrogens with one attached hydrogen (secondary N) is 2. The van der Waals surface area contributed by atoms with Crippen molar-refractivity contribution < 1.29 is 24.2 Å². The molecule has 2 aromatic heterocycles. The molecule has 4 rings (SSSR count). The first kappa shape index (κ1) is 25.8. The number of carbonyl (C=O) groups excluding carboxylic acids is 2. The van der Waals surface area contributed by atoms with Crippen molar-refractivity contribution in [1.82, 2.24) is 30.8 Å². The standard InChI is InChI=1S/C26H30N6O5/c1-16-22(37-19-10-6-9-18(14-19)26(35)36)12-11-20(27-16)25-21(32(2)31-30-25)15-24(34)29-28-23(33)13-17-7-4-3-5-8-17/h3-5,7-8,11-12,18-19H,6,9-10,13-15H2,1-2H3,(H,28,33)(H,29,34)(H,35,36)/t18-,19-/m0/s1. The summed E-state index contributed by atoms with van der Waals surface area (Å²) in [7, 11) is 1.68. The fourth-order valence-electron chi connectivity index (χ4n) is 4.40. The number of aromatic nitrogens is 4. The highest BCUT2D eigenvalue weighted by Gasteiger charge is 2.28. The first-order valence-electron chi connectivity index (χ1n) is 12.2. The third kappa shape index (κ3) is 6.69. The summed E-state index contributed by atoms with van der Waals surface area (Å²) >= 11 is 0. The summed E-state index contributed by atoms with van der Waals surface area (Å²) in [6.45, 7) is 1.81. The van der Waals surface area contributed by atoms with Gasteiger partial charge in [0.1, 0.15) is 11.4 Å². The van der Waals surface area contributed by atoms with E-state index in [-0.39, 0.29) is 30.8 Å². The first-order chi connectivity index (χ1) is 17.8. The van der Waals surface area contributed by atoms with E-state index in [0.29, 0.717) is 41.4 Å². The van der Waals surface area contributed by atoms with Crippen molar-refractivity contribution in [2.24, 2.45) is 13.0 Å². The Bertz CT molecular complexity index is 1280. The summed E-state index contributed by atoms with van der Waals surface area (Å²) in [5.74, 6) is -1.33. The van der Waals surface area contributed by atoms with Gasteiger partial charge in [-0.1, -0.05) is 35.5 Å². The predicted molar refractivity (Wildman–Crippen MR) is 133 cm³/mol. The van der Waals surface area contributed by atoms with Gasteiger partial charge >= 0.3 is 5.97 Å². The molecule has 3 N–H and O–H groups in total. The molecule has 3 aromatic rings. The van der Waals surface area contributed by atoms with Crippen LogP contribution in [0.2, 0.25) is 0 Å². The van der Waals surface area contributed by atoms with E-state index < -0.39 is 11.9 Å². The van der Waals surface area contributed by atoms with E-state index in [1.807, 2.05) is 30.3 Å². The maximum Gasteiger partial charge on any atom is 0.306 e. The van der Waals surface area contributed by atoms with E-state index in [1.54, 1.807) is 26.1 Å². The number of pyridine rings is 1. The molecule has 0 radical (unpaired) electrons. The number of amides is 2. The van der Waals surface area contributed by atoms with Gasteiger partial charge in [0, 0.05) is 7.05 Å². The number of rotatable bonds is 8. The number of nitrogens with zero attached hydrogens (tertiary/aromatic N) is 4. The largest absolute Gasteiger partial charge is 0.489 e. The number of hydrogen-bond acceptors (Lipinski definition) is 7. The average molecular weight is 507 g/mol. The quantitative estimate of drug-likeness (QED) is 0.394. The first-order valence-corrected chi connectivity index (χ1v) is 12.2. The molecule has 1 aromatic carbocycles. The van der Waals surface area contributed by atoms with Crippen LogP contribution in [0.1, 0.15) is 42.6 Å². The Morgan fingerprint density at radius 2 is 1.78 bits per heavy atom. The van der Waals surface area contributed by atoms with Crippen molar-refractivity contribution in [2.45, 2.75) is 51.6 Å². The van der Waals surface area contributed by atoms with Gasteiger partial charge in [0.05, 0.1) is 41.9 Å². The van der Waals surface area contributed by atoms with Crippen LogP contribution < -0.4 is 15.6 Å². The van der Waals surface area contributed by atoms with Crippen LogP contribution in [0.4, 0.5) is 0 Å². The maximum atomic E-state index is 12.5. The number of hydrazine groups is 1. The molecule has 1 saturated carbocycles. The Morgan fingerprint density at radius 3 is 2.49 bits per heavy atom. The van der Waals surface area contributed by atoms with E-state index in [9.17, 15) is 19.5 Å². The predicted octanol–water partition coefficient (Wildman–Crippen LogP) is 2.14. The second-order valence-corrected chi connectivity index (χ2v) is 9.17. The van der Waals surface area contributed by atoms with Crippen LogP contribution in [-0.4, -0.2) is 49.0 Å². The number of carboxylic acid groups (broad SMARTS) is 1. The zero-order valence-electron chi connectivity index (χ0n) is 20.8. The SMILES string of the molecule is Cc1nc(-c2nnn(C)c2CC(=O)NNC(=O)Cc2ccccc2)ccc1O[C@H]1CCC[C@H](C(=O)O)C1. The maximum absolute atomic E-state index is 12.5. The zero-order chi connectivity index (χ0) is 26.4. The van der Waals surface area contributed by atoms with Crippen LogP contribution >= 0.6 is 0 Å². The lowest BCUT2D eigenvalue weighted by molar-refractivity contribution is -0.143. The monoisotopic (exact) mass is 506 g/mol. The molecule has 11 nitrogen and oxygen atoms in total. The normalized spacial score (nSPS) is 17.1.